The average Bonchev–Trinajstić information content (AvgIpc) is 2.53. The summed E-state index contributed by atoms with van der Waals surface area (Å²) in [5, 5.41) is 12.9. The van der Waals surface area contributed by atoms with E-state index in [1.54, 1.807) is 0 Å². The highest BCUT2D eigenvalue weighted by atomic mass is 16.3. The fourth-order valence-electron chi connectivity index (χ4n) is 2.85. The summed E-state index contributed by atoms with van der Waals surface area (Å²) in [7, 11) is 0. The van der Waals surface area contributed by atoms with E-state index in [0.717, 1.165) is 36.6 Å². The summed E-state index contributed by atoms with van der Waals surface area (Å²) in [4.78, 5) is 0. The lowest BCUT2D eigenvalue weighted by molar-refractivity contribution is 0.169. The van der Waals surface area contributed by atoms with E-state index in [2.05, 4.69) is 36.4 Å². The lowest BCUT2D eigenvalue weighted by Gasteiger charge is -2.15. The molecule has 1 nitrogen and oxygen atoms in total. The number of benzene rings is 2. The maximum atomic E-state index is 10.5. The Morgan fingerprint density at radius 2 is 1.85 bits per heavy atom. The minimum absolute atomic E-state index is 0.391. The first-order valence-corrected chi connectivity index (χ1v) is 7.36. The molecule has 0 radical (unpaired) electrons. The first-order valence-electron chi connectivity index (χ1n) is 7.36. The van der Waals surface area contributed by atoms with Gasteiger partial charge in [0.2, 0.25) is 0 Å². The highest BCUT2D eigenvalue weighted by Gasteiger charge is 2.11. The molecule has 0 saturated heterocycles. The molecule has 0 fully saturated rings. The molecule has 1 aliphatic rings. The van der Waals surface area contributed by atoms with Crippen molar-refractivity contribution in [2.24, 2.45) is 0 Å². The van der Waals surface area contributed by atoms with Crippen molar-refractivity contribution in [2.45, 2.75) is 31.8 Å². The Balaban J connectivity index is 1.77. The Hall–Kier alpha value is -1.86. The van der Waals surface area contributed by atoms with Gasteiger partial charge >= 0.3 is 0 Å². The third-order valence-electron chi connectivity index (χ3n) is 3.96. The molecule has 0 amide bonds. The Labute approximate surface area is 120 Å². The summed E-state index contributed by atoms with van der Waals surface area (Å²) < 4.78 is 0. The smallest absolute Gasteiger partial charge is 0.0799 e. The molecule has 0 spiro atoms. The Morgan fingerprint density at radius 3 is 2.70 bits per heavy atom. The first kappa shape index (κ1) is 13.1. The first-order chi connectivity index (χ1) is 9.84. The second kappa shape index (κ2) is 6.06. The number of hydrogen-bond donors (Lipinski definition) is 1. The van der Waals surface area contributed by atoms with E-state index < -0.39 is 6.10 Å². The van der Waals surface area contributed by atoms with Gasteiger partial charge in [0, 0.05) is 0 Å². The van der Waals surface area contributed by atoms with Gasteiger partial charge < -0.3 is 5.11 Å². The van der Waals surface area contributed by atoms with Crippen LogP contribution in [0.2, 0.25) is 0 Å². The zero-order chi connectivity index (χ0) is 13.8. The van der Waals surface area contributed by atoms with Crippen molar-refractivity contribution in [1.29, 1.82) is 0 Å². The average molecular weight is 264 g/mol. The molecular formula is C19H20O. The molecule has 3 rings (SSSR count). The minimum Gasteiger partial charge on any atom is -0.388 e. The summed E-state index contributed by atoms with van der Waals surface area (Å²) in [6, 6.07) is 14.4. The summed E-state index contributed by atoms with van der Waals surface area (Å²) in [5.74, 6) is 0. The van der Waals surface area contributed by atoms with Gasteiger partial charge in [-0.15, -0.1) is 0 Å². The number of allylic oxidation sites excluding steroid dienone is 4. The highest BCUT2D eigenvalue weighted by molar-refractivity contribution is 5.85. The van der Waals surface area contributed by atoms with Crippen molar-refractivity contribution in [1.82, 2.24) is 0 Å². The van der Waals surface area contributed by atoms with Crippen LogP contribution in [0.4, 0.5) is 0 Å². The molecule has 0 aromatic heterocycles. The molecule has 1 N–H and O–H groups in total. The Morgan fingerprint density at radius 1 is 1.00 bits per heavy atom. The van der Waals surface area contributed by atoms with Crippen molar-refractivity contribution >= 4 is 10.8 Å². The predicted octanol–water partition coefficient (Wildman–Crippen LogP) is 4.93. The maximum Gasteiger partial charge on any atom is 0.0799 e. The molecule has 20 heavy (non-hydrogen) atoms. The van der Waals surface area contributed by atoms with E-state index in [1.165, 1.54) is 11.0 Å². The Bertz CT molecular complexity index is 646. The van der Waals surface area contributed by atoms with Crippen LogP contribution in [0, 0.1) is 0 Å². The van der Waals surface area contributed by atoms with Crippen LogP contribution >= 0.6 is 0 Å². The van der Waals surface area contributed by atoms with E-state index >= 15 is 0 Å². The molecule has 2 aromatic carbocycles. The molecule has 1 aliphatic carbocycles. The lowest BCUT2D eigenvalue weighted by atomic mass is 9.95. The number of hydrogen-bond acceptors (Lipinski definition) is 1. The fraction of sp³-hybridized carbons (Fsp3) is 0.263. The second-order valence-electron chi connectivity index (χ2n) is 5.38. The van der Waals surface area contributed by atoms with Crippen molar-refractivity contribution in [2.75, 3.05) is 0 Å². The van der Waals surface area contributed by atoms with Crippen molar-refractivity contribution in [3.8, 4) is 0 Å². The SMILES string of the molecule is OC(CCC1=CCCC=C1)c1cccc2ccccc12. The van der Waals surface area contributed by atoms with Crippen molar-refractivity contribution in [3.63, 3.8) is 0 Å². The normalized spacial score (nSPS) is 16.1. The number of rotatable bonds is 4. The molecule has 0 bridgehead atoms. The topological polar surface area (TPSA) is 20.2 Å². The molecule has 1 atom stereocenters. The van der Waals surface area contributed by atoms with E-state index in [-0.39, 0.29) is 0 Å². The van der Waals surface area contributed by atoms with Gasteiger partial charge in [-0.2, -0.15) is 0 Å². The van der Waals surface area contributed by atoms with Gasteiger partial charge in [0.25, 0.3) is 0 Å². The summed E-state index contributed by atoms with van der Waals surface area (Å²) in [6.07, 6.45) is 10.3. The lowest BCUT2D eigenvalue weighted by Crippen LogP contribution is -1.99. The van der Waals surface area contributed by atoms with E-state index in [1.807, 2.05) is 24.3 Å². The van der Waals surface area contributed by atoms with Crippen LogP contribution in [-0.4, -0.2) is 5.11 Å². The van der Waals surface area contributed by atoms with E-state index in [4.69, 9.17) is 0 Å². The van der Waals surface area contributed by atoms with Crippen LogP contribution in [0.5, 0.6) is 0 Å². The van der Waals surface area contributed by atoms with Gasteiger partial charge in [0.05, 0.1) is 6.10 Å². The third kappa shape index (κ3) is 2.83. The van der Waals surface area contributed by atoms with Gasteiger partial charge in [-0.25, -0.2) is 0 Å². The second-order valence-corrected chi connectivity index (χ2v) is 5.38. The fourth-order valence-corrected chi connectivity index (χ4v) is 2.85. The molecule has 1 unspecified atom stereocenters. The number of aliphatic hydroxyl groups excluding tert-OH is 1. The van der Waals surface area contributed by atoms with Crippen LogP contribution in [0.1, 0.15) is 37.4 Å². The molecule has 0 aliphatic heterocycles. The van der Waals surface area contributed by atoms with Gasteiger partial charge in [0.15, 0.2) is 0 Å². The van der Waals surface area contributed by atoms with Gasteiger partial charge in [-0.05, 0) is 42.0 Å². The van der Waals surface area contributed by atoms with E-state index in [0.29, 0.717) is 0 Å². The summed E-state index contributed by atoms with van der Waals surface area (Å²) in [6.45, 7) is 0. The summed E-state index contributed by atoms with van der Waals surface area (Å²) >= 11 is 0. The monoisotopic (exact) mass is 264 g/mol. The van der Waals surface area contributed by atoms with Gasteiger partial charge in [0.1, 0.15) is 0 Å². The molecular weight excluding hydrogens is 244 g/mol. The van der Waals surface area contributed by atoms with Crippen LogP contribution in [0.15, 0.2) is 66.3 Å². The van der Waals surface area contributed by atoms with Crippen LogP contribution in [0.25, 0.3) is 10.8 Å². The van der Waals surface area contributed by atoms with Crippen LogP contribution in [-0.2, 0) is 0 Å². The van der Waals surface area contributed by atoms with Crippen molar-refractivity contribution in [3.05, 3.63) is 71.8 Å². The van der Waals surface area contributed by atoms with Crippen LogP contribution < -0.4 is 0 Å². The summed E-state index contributed by atoms with van der Waals surface area (Å²) in [5.41, 5.74) is 2.40. The molecule has 102 valence electrons. The zero-order valence-electron chi connectivity index (χ0n) is 11.6. The van der Waals surface area contributed by atoms with Crippen LogP contribution in [0.3, 0.4) is 0 Å². The number of aliphatic hydroxyl groups is 1. The minimum atomic E-state index is -0.391. The zero-order valence-corrected chi connectivity index (χ0v) is 11.6. The quantitative estimate of drug-likeness (QED) is 0.830. The van der Waals surface area contributed by atoms with Crippen molar-refractivity contribution < 1.29 is 5.11 Å². The molecule has 0 heterocycles. The molecule has 1 heteroatoms. The largest absolute Gasteiger partial charge is 0.388 e. The molecule has 0 saturated carbocycles. The predicted molar refractivity (Wildman–Crippen MR) is 84.6 cm³/mol. The number of fused-ring (bicyclic) bond motifs is 1. The van der Waals surface area contributed by atoms with Gasteiger partial charge in [-0.3, -0.25) is 0 Å². The standard InChI is InChI=1S/C19H20O/c20-19(14-13-15-7-2-1-3-8-15)18-12-6-10-16-9-4-5-11-17(16)18/h2,4-12,19-20H,1,3,13-14H2. The highest BCUT2D eigenvalue weighted by Crippen LogP contribution is 2.28. The van der Waals surface area contributed by atoms with E-state index in [9.17, 15) is 5.11 Å². The Kier molecular flexibility index (Phi) is 3.98. The molecule has 2 aromatic rings. The maximum absolute atomic E-state index is 10.5. The third-order valence-corrected chi connectivity index (χ3v) is 3.96. The van der Waals surface area contributed by atoms with Gasteiger partial charge in [-0.1, -0.05) is 66.3 Å².